The lowest BCUT2D eigenvalue weighted by molar-refractivity contribution is -0.140. The predicted molar refractivity (Wildman–Crippen MR) is 137 cm³/mol. The number of aliphatic hydroxyl groups is 1. The summed E-state index contributed by atoms with van der Waals surface area (Å²) in [6.07, 6.45) is 0. The highest BCUT2D eigenvalue weighted by Crippen LogP contribution is 2.44. The van der Waals surface area contributed by atoms with Gasteiger partial charge in [-0.1, -0.05) is 0 Å². The number of amides is 1. The molecule has 0 bridgehead atoms. The molecule has 0 spiro atoms. The average molecular weight is 528 g/mol. The number of H-pyrrole nitrogens is 1. The molecule has 0 saturated carbocycles. The highest BCUT2D eigenvalue weighted by molar-refractivity contribution is 6.46. The number of benzene rings is 1. The molecular formula is C27H33N3O8. The van der Waals surface area contributed by atoms with Gasteiger partial charge in [0.1, 0.15) is 23.0 Å². The number of hydrogen-bond donors (Lipinski definition) is 2. The Morgan fingerprint density at radius 1 is 1.11 bits per heavy atom. The molecule has 11 nitrogen and oxygen atoms in total. The van der Waals surface area contributed by atoms with Crippen LogP contribution in [0.4, 0.5) is 0 Å². The first-order valence-corrected chi connectivity index (χ1v) is 12.3. The third-order valence-corrected chi connectivity index (χ3v) is 7.10. The van der Waals surface area contributed by atoms with Gasteiger partial charge in [-0.25, -0.2) is 4.79 Å². The van der Waals surface area contributed by atoms with Crippen molar-refractivity contribution in [3.05, 3.63) is 51.9 Å². The third-order valence-electron chi connectivity index (χ3n) is 7.10. The van der Waals surface area contributed by atoms with Crippen LogP contribution in [0.25, 0.3) is 5.76 Å². The number of ether oxygens (including phenoxy) is 4. The number of Topliss-reactive ketones (excluding diaryl/α,β-unsaturated/α-hetero) is 1. The minimum atomic E-state index is -0.948. The van der Waals surface area contributed by atoms with Gasteiger partial charge in [-0.3, -0.25) is 14.5 Å². The molecule has 1 aromatic heterocycles. The first-order valence-electron chi connectivity index (χ1n) is 12.3. The molecule has 2 N–H and O–H groups in total. The van der Waals surface area contributed by atoms with Crippen molar-refractivity contribution in [3.63, 3.8) is 0 Å². The molecule has 38 heavy (non-hydrogen) atoms. The first-order chi connectivity index (χ1) is 18.2. The number of aromatic nitrogens is 1. The molecule has 11 heteroatoms. The van der Waals surface area contributed by atoms with Crippen molar-refractivity contribution in [1.82, 2.24) is 14.8 Å². The van der Waals surface area contributed by atoms with Crippen LogP contribution < -0.4 is 9.47 Å². The van der Waals surface area contributed by atoms with Crippen LogP contribution in [0.1, 0.15) is 38.9 Å². The Bertz CT molecular complexity index is 1280. The lowest BCUT2D eigenvalue weighted by atomic mass is 9.93. The van der Waals surface area contributed by atoms with E-state index in [1.807, 2.05) is 0 Å². The predicted octanol–water partition coefficient (Wildman–Crippen LogP) is 2.19. The molecule has 2 saturated heterocycles. The standard InChI is InChI=1S/C27H33N3O8/c1-15-20(16(2)28-22(15)27(34)37-5)24(31)21-23(18-14-17(35-3)6-7-19(18)36-4)30(26(33)25(21)32)9-8-29-10-12-38-13-11-29/h6-7,14,23,28,31H,8-13H2,1-5H3/b24-21+/t23-/m0/s1. The number of likely N-dealkylation sites (tertiary alicyclic amines) is 1. The molecule has 2 fully saturated rings. The summed E-state index contributed by atoms with van der Waals surface area (Å²) in [6, 6.07) is 4.15. The molecule has 1 atom stereocenters. The molecule has 0 unspecified atom stereocenters. The van der Waals surface area contributed by atoms with Crippen molar-refractivity contribution < 1.29 is 38.4 Å². The van der Waals surface area contributed by atoms with Crippen molar-refractivity contribution in [2.45, 2.75) is 19.9 Å². The number of ketones is 1. The number of rotatable bonds is 8. The fourth-order valence-corrected chi connectivity index (χ4v) is 5.11. The Morgan fingerprint density at radius 3 is 2.45 bits per heavy atom. The van der Waals surface area contributed by atoms with Gasteiger partial charge in [-0.05, 0) is 37.6 Å². The largest absolute Gasteiger partial charge is 0.507 e. The molecule has 0 aliphatic carbocycles. The number of nitrogens with zero attached hydrogens (tertiary/aromatic N) is 2. The number of aromatic amines is 1. The van der Waals surface area contributed by atoms with Gasteiger partial charge in [0.2, 0.25) is 0 Å². The highest BCUT2D eigenvalue weighted by atomic mass is 16.5. The zero-order chi connectivity index (χ0) is 27.6. The van der Waals surface area contributed by atoms with Gasteiger partial charge in [-0.15, -0.1) is 0 Å². The quantitative estimate of drug-likeness (QED) is 0.230. The normalized spacial score (nSPS) is 19.6. The SMILES string of the molecule is COC(=O)c1[nH]c(C)c(/C(O)=C2\C(=O)C(=O)N(CCN3CCOCC3)[C@H]2c2cc(OC)ccc2OC)c1C. The van der Waals surface area contributed by atoms with Crippen LogP contribution in [0.15, 0.2) is 23.8 Å². The Kier molecular flexibility index (Phi) is 8.08. The summed E-state index contributed by atoms with van der Waals surface area (Å²) < 4.78 is 21.3. The van der Waals surface area contributed by atoms with Gasteiger partial charge in [0.15, 0.2) is 0 Å². The summed E-state index contributed by atoms with van der Waals surface area (Å²) in [7, 11) is 4.27. The lowest BCUT2D eigenvalue weighted by Crippen LogP contribution is -2.42. The van der Waals surface area contributed by atoms with E-state index in [1.165, 1.54) is 26.2 Å². The maximum atomic E-state index is 13.5. The number of carbonyl (C=O) groups excluding carboxylic acids is 3. The van der Waals surface area contributed by atoms with Crippen LogP contribution in [0.2, 0.25) is 0 Å². The number of carbonyl (C=O) groups is 3. The van der Waals surface area contributed by atoms with Gasteiger partial charge >= 0.3 is 5.97 Å². The van der Waals surface area contributed by atoms with E-state index in [-0.39, 0.29) is 29.1 Å². The van der Waals surface area contributed by atoms with Crippen molar-refractivity contribution in [2.24, 2.45) is 0 Å². The van der Waals surface area contributed by atoms with E-state index in [2.05, 4.69) is 9.88 Å². The van der Waals surface area contributed by atoms with Crippen molar-refractivity contribution in [2.75, 3.05) is 60.7 Å². The van der Waals surface area contributed by atoms with E-state index in [1.54, 1.807) is 32.0 Å². The van der Waals surface area contributed by atoms with Crippen LogP contribution in [0, 0.1) is 13.8 Å². The van der Waals surface area contributed by atoms with E-state index in [0.717, 1.165) is 13.1 Å². The number of aliphatic hydroxyl groups excluding tert-OH is 1. The Balaban J connectivity index is 1.88. The Morgan fingerprint density at radius 2 is 1.82 bits per heavy atom. The number of aryl methyl sites for hydroxylation is 1. The smallest absolute Gasteiger partial charge is 0.354 e. The second kappa shape index (κ2) is 11.3. The molecule has 0 radical (unpaired) electrons. The van der Waals surface area contributed by atoms with E-state index in [0.29, 0.717) is 48.1 Å². The summed E-state index contributed by atoms with van der Waals surface area (Å²) in [5.41, 5.74) is 1.69. The summed E-state index contributed by atoms with van der Waals surface area (Å²) in [5, 5.41) is 11.6. The van der Waals surface area contributed by atoms with Crippen molar-refractivity contribution >= 4 is 23.4 Å². The van der Waals surface area contributed by atoms with Crippen LogP contribution in [-0.4, -0.2) is 98.3 Å². The summed E-state index contributed by atoms with van der Waals surface area (Å²) in [4.78, 5) is 45.8. The Hall–Kier alpha value is -3.83. The molecule has 3 heterocycles. The monoisotopic (exact) mass is 527 g/mol. The average Bonchev–Trinajstić information content (AvgIpc) is 3.37. The molecule has 1 amide bonds. The Labute approximate surface area is 220 Å². The molecule has 2 aliphatic rings. The minimum absolute atomic E-state index is 0.0925. The second-order valence-electron chi connectivity index (χ2n) is 9.17. The van der Waals surface area contributed by atoms with Crippen LogP contribution in [-0.2, 0) is 19.1 Å². The highest BCUT2D eigenvalue weighted by Gasteiger charge is 2.47. The van der Waals surface area contributed by atoms with Gasteiger partial charge in [0, 0.05) is 43.0 Å². The summed E-state index contributed by atoms with van der Waals surface area (Å²) in [6.45, 7) is 6.70. The zero-order valence-electron chi connectivity index (χ0n) is 22.3. The summed E-state index contributed by atoms with van der Waals surface area (Å²) >= 11 is 0. The van der Waals surface area contributed by atoms with Crippen molar-refractivity contribution in [1.29, 1.82) is 0 Å². The third kappa shape index (κ3) is 4.86. The first kappa shape index (κ1) is 27.2. The topological polar surface area (TPSA) is 131 Å². The number of hydrogen-bond acceptors (Lipinski definition) is 9. The number of methoxy groups -OCH3 is 3. The zero-order valence-corrected chi connectivity index (χ0v) is 22.3. The summed E-state index contributed by atoms with van der Waals surface area (Å²) in [5.74, 6) is -1.61. The molecular weight excluding hydrogens is 494 g/mol. The van der Waals surface area contributed by atoms with E-state index in [9.17, 15) is 19.5 Å². The fraction of sp³-hybridized carbons (Fsp3) is 0.444. The maximum absolute atomic E-state index is 13.5. The minimum Gasteiger partial charge on any atom is -0.507 e. The van der Waals surface area contributed by atoms with Crippen LogP contribution in [0.5, 0.6) is 11.5 Å². The molecule has 204 valence electrons. The van der Waals surface area contributed by atoms with E-state index < -0.39 is 23.7 Å². The number of esters is 1. The van der Waals surface area contributed by atoms with Crippen LogP contribution >= 0.6 is 0 Å². The molecule has 2 aromatic rings. The second-order valence-corrected chi connectivity index (χ2v) is 9.17. The maximum Gasteiger partial charge on any atom is 0.354 e. The van der Waals surface area contributed by atoms with Crippen molar-refractivity contribution in [3.8, 4) is 11.5 Å². The van der Waals surface area contributed by atoms with Gasteiger partial charge in [0.05, 0.1) is 46.2 Å². The fourth-order valence-electron chi connectivity index (χ4n) is 5.11. The molecule has 4 rings (SSSR count). The number of morpholine rings is 1. The van der Waals surface area contributed by atoms with Crippen LogP contribution in [0.3, 0.4) is 0 Å². The molecule has 1 aromatic carbocycles. The molecule has 2 aliphatic heterocycles. The number of nitrogens with one attached hydrogen (secondary N) is 1. The van der Waals surface area contributed by atoms with E-state index in [4.69, 9.17) is 18.9 Å². The van der Waals surface area contributed by atoms with E-state index >= 15 is 0 Å². The van der Waals surface area contributed by atoms with Gasteiger partial charge in [-0.2, -0.15) is 0 Å². The van der Waals surface area contributed by atoms with Gasteiger partial charge < -0.3 is 33.9 Å². The van der Waals surface area contributed by atoms with Gasteiger partial charge in [0.25, 0.3) is 11.7 Å². The lowest BCUT2D eigenvalue weighted by Gasteiger charge is -2.31.